The van der Waals surface area contributed by atoms with Gasteiger partial charge >= 0.3 is 5.97 Å². The largest absolute Gasteiger partial charge is 0.508 e. The van der Waals surface area contributed by atoms with Crippen LogP contribution in [0.5, 0.6) is 5.75 Å². The normalized spacial score (nSPS) is 13.8. The molecule has 39 heavy (non-hydrogen) atoms. The lowest BCUT2D eigenvalue weighted by Gasteiger charge is -2.24. The van der Waals surface area contributed by atoms with Gasteiger partial charge in [0.1, 0.15) is 23.9 Å². The highest BCUT2D eigenvalue weighted by atomic mass is 32.1. The first kappa shape index (κ1) is 33.5. The number of thiol groups is 1. The van der Waals surface area contributed by atoms with Crippen LogP contribution in [0.15, 0.2) is 29.3 Å². The maximum Gasteiger partial charge on any atom is 0.326 e. The van der Waals surface area contributed by atoms with E-state index in [9.17, 15) is 29.4 Å². The van der Waals surface area contributed by atoms with E-state index in [1.54, 1.807) is 12.1 Å². The Morgan fingerprint density at radius 2 is 1.44 bits per heavy atom. The number of hydrogen-bond acceptors (Lipinski definition) is 9. The SMILES string of the molecule is NCCCCC(NC(=O)C(CCCN=C(N)N)NC(=O)C(CS)NC(=O)C(N)Cc1ccc(O)cc1)C(=O)O. The van der Waals surface area contributed by atoms with Crippen LogP contribution in [-0.4, -0.2) is 82.9 Å². The fraction of sp³-hybridized carbons (Fsp3) is 0.542. The number of unbranched alkanes of at least 4 members (excludes halogenated alkanes) is 1. The van der Waals surface area contributed by atoms with Crippen molar-refractivity contribution in [3.05, 3.63) is 29.8 Å². The van der Waals surface area contributed by atoms with Crippen molar-refractivity contribution in [1.82, 2.24) is 16.0 Å². The number of nitrogens with zero attached hydrogens (tertiary/aromatic N) is 1. The lowest BCUT2D eigenvalue weighted by molar-refractivity contribution is -0.142. The Morgan fingerprint density at radius 1 is 0.872 bits per heavy atom. The zero-order valence-corrected chi connectivity index (χ0v) is 22.6. The van der Waals surface area contributed by atoms with E-state index in [4.69, 9.17) is 22.9 Å². The molecule has 0 fully saturated rings. The number of guanidine groups is 1. The van der Waals surface area contributed by atoms with Gasteiger partial charge in [0.25, 0.3) is 0 Å². The first-order valence-corrected chi connectivity index (χ1v) is 13.1. The predicted molar refractivity (Wildman–Crippen MR) is 150 cm³/mol. The molecule has 0 aliphatic heterocycles. The molecule has 0 bridgehead atoms. The Kier molecular flexibility index (Phi) is 15.3. The number of aromatic hydroxyl groups is 1. The third-order valence-electron chi connectivity index (χ3n) is 5.68. The number of carboxylic acids is 1. The molecular weight excluding hydrogens is 528 g/mol. The van der Waals surface area contributed by atoms with Gasteiger partial charge in [0.2, 0.25) is 17.7 Å². The van der Waals surface area contributed by atoms with Crippen molar-refractivity contribution in [3.63, 3.8) is 0 Å². The molecule has 0 aliphatic rings. The molecule has 1 aromatic rings. The summed E-state index contributed by atoms with van der Waals surface area (Å²) in [7, 11) is 0. The van der Waals surface area contributed by atoms with Gasteiger partial charge in [0, 0.05) is 12.3 Å². The summed E-state index contributed by atoms with van der Waals surface area (Å²) < 4.78 is 0. The number of rotatable bonds is 18. The molecule has 0 aliphatic carbocycles. The minimum Gasteiger partial charge on any atom is -0.508 e. The van der Waals surface area contributed by atoms with E-state index in [0.717, 1.165) is 0 Å². The Balaban J connectivity index is 2.88. The topological polar surface area (TPSA) is 261 Å². The number of benzene rings is 1. The van der Waals surface area contributed by atoms with Crippen LogP contribution < -0.4 is 38.9 Å². The molecule has 0 aromatic heterocycles. The van der Waals surface area contributed by atoms with E-state index in [-0.39, 0.29) is 43.3 Å². The molecule has 3 amide bonds. The van der Waals surface area contributed by atoms with Crippen molar-refractivity contribution in [1.29, 1.82) is 0 Å². The van der Waals surface area contributed by atoms with E-state index < -0.39 is 47.9 Å². The fourth-order valence-electron chi connectivity index (χ4n) is 3.52. The van der Waals surface area contributed by atoms with Crippen LogP contribution in [0.3, 0.4) is 0 Å². The van der Waals surface area contributed by atoms with Crippen LogP contribution in [0.25, 0.3) is 0 Å². The third-order valence-corrected chi connectivity index (χ3v) is 6.05. The molecule has 0 radical (unpaired) electrons. The summed E-state index contributed by atoms with van der Waals surface area (Å²) in [6.07, 6.45) is 1.81. The lowest BCUT2D eigenvalue weighted by Crippen LogP contribution is -2.57. The van der Waals surface area contributed by atoms with Crippen molar-refractivity contribution >= 4 is 42.3 Å². The number of aliphatic carboxylic acids is 1. The Morgan fingerprint density at radius 3 is 2.00 bits per heavy atom. The van der Waals surface area contributed by atoms with Gasteiger partial charge in [0.05, 0.1) is 6.04 Å². The number of phenols is 1. The average molecular weight is 569 g/mol. The van der Waals surface area contributed by atoms with Crippen molar-refractivity contribution in [2.45, 2.75) is 62.7 Å². The van der Waals surface area contributed by atoms with Gasteiger partial charge in [-0.15, -0.1) is 0 Å². The fourth-order valence-corrected chi connectivity index (χ4v) is 3.78. The monoisotopic (exact) mass is 568 g/mol. The molecular formula is C24H40N8O6S. The molecule has 15 heteroatoms. The van der Waals surface area contributed by atoms with Gasteiger partial charge in [-0.1, -0.05) is 12.1 Å². The molecule has 0 saturated carbocycles. The summed E-state index contributed by atoms with van der Waals surface area (Å²) >= 11 is 4.14. The summed E-state index contributed by atoms with van der Waals surface area (Å²) in [5.74, 6) is -3.39. The summed E-state index contributed by atoms with van der Waals surface area (Å²) in [6, 6.07) is 1.76. The zero-order valence-electron chi connectivity index (χ0n) is 21.7. The molecule has 13 N–H and O–H groups in total. The highest BCUT2D eigenvalue weighted by Crippen LogP contribution is 2.11. The number of phenolic OH excluding ortho intramolecular Hbond substituents is 1. The van der Waals surface area contributed by atoms with Gasteiger partial charge in [-0.05, 0) is 62.8 Å². The second-order valence-electron chi connectivity index (χ2n) is 8.91. The van der Waals surface area contributed by atoms with Crippen LogP contribution in [-0.2, 0) is 25.6 Å². The zero-order chi connectivity index (χ0) is 29.4. The van der Waals surface area contributed by atoms with Gasteiger partial charge in [-0.25, -0.2) is 4.79 Å². The van der Waals surface area contributed by atoms with E-state index >= 15 is 0 Å². The average Bonchev–Trinajstić information content (AvgIpc) is 2.89. The van der Waals surface area contributed by atoms with Crippen molar-refractivity contribution in [2.75, 3.05) is 18.8 Å². The molecule has 1 aromatic carbocycles. The van der Waals surface area contributed by atoms with Crippen molar-refractivity contribution < 1.29 is 29.4 Å². The van der Waals surface area contributed by atoms with Gasteiger partial charge < -0.3 is 49.1 Å². The van der Waals surface area contributed by atoms with E-state index in [0.29, 0.717) is 31.4 Å². The Hall–Kier alpha value is -3.56. The predicted octanol–water partition coefficient (Wildman–Crippen LogP) is -2.09. The van der Waals surface area contributed by atoms with E-state index in [1.165, 1.54) is 12.1 Å². The summed E-state index contributed by atoms with van der Waals surface area (Å²) in [5.41, 5.74) is 22.8. The van der Waals surface area contributed by atoms with Crippen LogP contribution in [0.2, 0.25) is 0 Å². The number of nitrogens with one attached hydrogen (secondary N) is 3. The minimum atomic E-state index is -1.21. The number of carbonyl (C=O) groups is 4. The van der Waals surface area contributed by atoms with Crippen LogP contribution in [0.4, 0.5) is 0 Å². The highest BCUT2D eigenvalue weighted by molar-refractivity contribution is 7.80. The molecule has 14 nitrogen and oxygen atoms in total. The molecule has 0 heterocycles. The number of carboxylic acid groups (broad SMARTS) is 1. The number of hydrogen-bond donors (Lipinski definition) is 10. The van der Waals surface area contributed by atoms with E-state index in [2.05, 4.69) is 33.6 Å². The molecule has 0 spiro atoms. The van der Waals surface area contributed by atoms with Gasteiger partial charge in [-0.2, -0.15) is 12.6 Å². The van der Waals surface area contributed by atoms with E-state index in [1.807, 2.05) is 0 Å². The van der Waals surface area contributed by atoms with Crippen molar-refractivity contribution in [2.24, 2.45) is 27.9 Å². The summed E-state index contributed by atoms with van der Waals surface area (Å²) in [6.45, 7) is 0.568. The van der Waals surface area contributed by atoms with Gasteiger partial charge in [-0.3, -0.25) is 19.4 Å². The summed E-state index contributed by atoms with van der Waals surface area (Å²) in [5, 5.41) is 26.4. The number of carbonyl (C=O) groups excluding carboxylic acids is 3. The maximum absolute atomic E-state index is 13.0. The minimum absolute atomic E-state index is 0.0747. The molecule has 1 rings (SSSR count). The number of amides is 3. The highest BCUT2D eigenvalue weighted by Gasteiger charge is 2.29. The quantitative estimate of drug-likeness (QED) is 0.0399. The first-order chi connectivity index (χ1) is 18.5. The molecule has 4 atom stereocenters. The standard InChI is InChI=1S/C24H40N8O6S/c25-10-2-1-4-18(23(37)38)31-21(35)17(5-3-11-29-24(27)28)30-22(36)19(13-39)32-20(34)16(26)12-14-6-8-15(33)9-7-14/h6-9,16-19,33,39H,1-5,10-13,25-26H2,(H,30,36)(H,31,35)(H,32,34)(H,37,38)(H4,27,28,29). The van der Waals surface area contributed by atoms with Crippen LogP contribution in [0, 0.1) is 0 Å². The first-order valence-electron chi connectivity index (χ1n) is 12.5. The molecule has 218 valence electrons. The third kappa shape index (κ3) is 13.2. The number of aliphatic imine (C=N–C) groups is 1. The molecule has 0 saturated heterocycles. The number of nitrogens with two attached hydrogens (primary N) is 4. The second kappa shape index (κ2) is 17.9. The summed E-state index contributed by atoms with van der Waals surface area (Å²) in [4.78, 5) is 54.1. The van der Waals surface area contributed by atoms with Gasteiger partial charge in [0.15, 0.2) is 5.96 Å². The van der Waals surface area contributed by atoms with Crippen LogP contribution >= 0.6 is 12.6 Å². The van der Waals surface area contributed by atoms with Crippen molar-refractivity contribution in [3.8, 4) is 5.75 Å². The smallest absolute Gasteiger partial charge is 0.326 e. The Bertz CT molecular complexity index is 974. The lowest BCUT2D eigenvalue weighted by atomic mass is 10.1. The van der Waals surface area contributed by atoms with Crippen LogP contribution in [0.1, 0.15) is 37.7 Å². The maximum atomic E-state index is 13.0. The Labute approximate surface area is 232 Å². The second-order valence-corrected chi connectivity index (χ2v) is 9.28. The molecule has 4 unspecified atom stereocenters.